The van der Waals surface area contributed by atoms with Crippen LogP contribution >= 0.6 is 22.0 Å². The van der Waals surface area contributed by atoms with Gasteiger partial charge in [-0.3, -0.25) is 4.79 Å². The molecule has 100 valence electrons. The van der Waals surface area contributed by atoms with E-state index in [-0.39, 0.29) is 16.2 Å². The van der Waals surface area contributed by atoms with E-state index < -0.39 is 9.05 Å². The Balaban J connectivity index is 2.02. The minimum atomic E-state index is -3.76. The second-order valence-electron chi connectivity index (χ2n) is 3.95. The fourth-order valence-electron chi connectivity index (χ4n) is 1.67. The molecule has 1 aliphatic heterocycles. The van der Waals surface area contributed by atoms with Gasteiger partial charge in [0.25, 0.3) is 15.0 Å². The zero-order valence-electron chi connectivity index (χ0n) is 9.39. The van der Waals surface area contributed by atoms with Crippen LogP contribution in [0.3, 0.4) is 0 Å². The Kier molecular flexibility index (Phi) is 4.26. The number of hydrogen-bond acceptors (Lipinski definition) is 5. The molecule has 0 bridgehead atoms. The van der Waals surface area contributed by atoms with E-state index in [1.165, 1.54) is 11.4 Å². The first kappa shape index (κ1) is 13.8. The predicted molar refractivity (Wildman–Crippen MR) is 68.7 cm³/mol. The van der Waals surface area contributed by atoms with Crippen molar-refractivity contribution in [2.75, 3.05) is 13.2 Å². The van der Waals surface area contributed by atoms with Crippen LogP contribution in [0.4, 0.5) is 0 Å². The Morgan fingerprint density at radius 3 is 2.67 bits per heavy atom. The molecule has 1 N–H and O–H groups in total. The van der Waals surface area contributed by atoms with Gasteiger partial charge in [0.05, 0.1) is 5.56 Å². The number of hydrogen-bond donors (Lipinski definition) is 1. The molecule has 0 radical (unpaired) electrons. The van der Waals surface area contributed by atoms with Crippen LogP contribution in [0.25, 0.3) is 0 Å². The zero-order chi connectivity index (χ0) is 13.2. The minimum Gasteiger partial charge on any atom is -0.381 e. The summed E-state index contributed by atoms with van der Waals surface area (Å²) in [4.78, 5) is 11.9. The summed E-state index contributed by atoms with van der Waals surface area (Å²) in [5, 5.41) is 4.34. The first-order chi connectivity index (χ1) is 8.47. The number of ether oxygens (including phenoxy) is 1. The Morgan fingerprint density at radius 2 is 2.11 bits per heavy atom. The molecule has 0 aromatic carbocycles. The van der Waals surface area contributed by atoms with Crippen LogP contribution in [-0.4, -0.2) is 33.6 Å². The highest BCUT2D eigenvalue weighted by molar-refractivity contribution is 8.15. The number of carbonyl (C=O) groups excluding carboxylic acids is 1. The van der Waals surface area contributed by atoms with Gasteiger partial charge in [-0.15, -0.1) is 11.3 Å². The van der Waals surface area contributed by atoms with Gasteiger partial charge in [-0.05, 0) is 18.9 Å². The lowest BCUT2D eigenvalue weighted by molar-refractivity contribution is 0.0696. The molecule has 0 atom stereocenters. The van der Waals surface area contributed by atoms with Crippen LogP contribution in [-0.2, 0) is 13.8 Å². The quantitative estimate of drug-likeness (QED) is 0.861. The van der Waals surface area contributed by atoms with Crippen LogP contribution in [0.5, 0.6) is 0 Å². The van der Waals surface area contributed by atoms with Crippen molar-refractivity contribution in [3.8, 4) is 0 Å². The van der Waals surface area contributed by atoms with Gasteiger partial charge in [0.2, 0.25) is 0 Å². The number of carbonyl (C=O) groups is 1. The molecule has 0 aliphatic carbocycles. The topological polar surface area (TPSA) is 72.5 Å². The molecule has 1 aromatic rings. The Bertz CT molecular complexity index is 534. The van der Waals surface area contributed by atoms with Gasteiger partial charge in [-0.2, -0.15) is 0 Å². The predicted octanol–water partition coefficient (Wildman–Crippen LogP) is 1.58. The van der Waals surface area contributed by atoms with Crippen molar-refractivity contribution in [1.29, 1.82) is 0 Å². The van der Waals surface area contributed by atoms with E-state index in [4.69, 9.17) is 15.4 Å². The lowest BCUT2D eigenvalue weighted by Crippen LogP contribution is -2.38. The summed E-state index contributed by atoms with van der Waals surface area (Å²) in [6, 6.07) is 1.38. The van der Waals surface area contributed by atoms with Crippen molar-refractivity contribution in [3.05, 3.63) is 17.0 Å². The van der Waals surface area contributed by atoms with E-state index >= 15 is 0 Å². The van der Waals surface area contributed by atoms with E-state index in [9.17, 15) is 13.2 Å². The van der Waals surface area contributed by atoms with Crippen LogP contribution < -0.4 is 5.32 Å². The van der Waals surface area contributed by atoms with Gasteiger partial charge in [-0.1, -0.05) is 0 Å². The average Bonchev–Trinajstić information content (AvgIpc) is 2.79. The van der Waals surface area contributed by atoms with Crippen LogP contribution in [0, 0.1) is 0 Å². The summed E-state index contributed by atoms with van der Waals surface area (Å²) in [7, 11) is 1.45. The highest BCUT2D eigenvalue weighted by Crippen LogP contribution is 2.23. The van der Waals surface area contributed by atoms with Crippen molar-refractivity contribution in [2.45, 2.75) is 23.1 Å². The molecule has 1 amide bonds. The lowest BCUT2D eigenvalue weighted by atomic mass is 10.1. The molecule has 0 saturated carbocycles. The summed E-state index contributed by atoms with van der Waals surface area (Å²) in [6.45, 7) is 1.27. The summed E-state index contributed by atoms with van der Waals surface area (Å²) in [5.74, 6) is -0.273. The van der Waals surface area contributed by atoms with Gasteiger partial charge < -0.3 is 10.1 Å². The second-order valence-corrected chi connectivity index (χ2v) is 7.66. The van der Waals surface area contributed by atoms with Gasteiger partial charge >= 0.3 is 0 Å². The Morgan fingerprint density at radius 1 is 1.44 bits per heavy atom. The number of nitrogens with one attached hydrogen (secondary N) is 1. The van der Waals surface area contributed by atoms with E-state index in [0.29, 0.717) is 18.8 Å². The summed E-state index contributed by atoms with van der Waals surface area (Å²) < 4.78 is 27.3. The molecule has 0 spiro atoms. The van der Waals surface area contributed by atoms with Crippen molar-refractivity contribution in [3.63, 3.8) is 0 Å². The molecular formula is C10H12ClNO4S2. The van der Waals surface area contributed by atoms with Crippen LogP contribution in [0.1, 0.15) is 23.2 Å². The number of thiophene rings is 1. The van der Waals surface area contributed by atoms with Gasteiger partial charge in [0, 0.05) is 35.3 Å². The highest BCUT2D eigenvalue weighted by Gasteiger charge is 2.20. The molecule has 1 fully saturated rings. The smallest absolute Gasteiger partial charge is 0.270 e. The van der Waals surface area contributed by atoms with Gasteiger partial charge in [-0.25, -0.2) is 8.42 Å². The van der Waals surface area contributed by atoms with Crippen molar-refractivity contribution >= 4 is 37.0 Å². The molecular weight excluding hydrogens is 298 g/mol. The fraction of sp³-hybridized carbons (Fsp3) is 0.500. The largest absolute Gasteiger partial charge is 0.381 e. The summed E-state index contributed by atoms with van der Waals surface area (Å²) >= 11 is 0.941. The lowest BCUT2D eigenvalue weighted by Gasteiger charge is -2.22. The molecule has 2 heterocycles. The van der Waals surface area contributed by atoms with Crippen LogP contribution in [0.2, 0.25) is 0 Å². The van der Waals surface area contributed by atoms with Crippen molar-refractivity contribution in [2.24, 2.45) is 0 Å². The standard InChI is InChI=1S/C10H12ClNO4S2/c11-18(14,15)9-5-7(6-17-9)10(13)12-8-1-3-16-4-2-8/h5-6,8H,1-4H2,(H,12,13). The minimum absolute atomic E-state index is 0.0127. The third-order valence-electron chi connectivity index (χ3n) is 2.63. The Hall–Kier alpha value is -0.630. The maximum atomic E-state index is 11.9. The summed E-state index contributed by atoms with van der Waals surface area (Å²) in [5.41, 5.74) is 0.325. The number of rotatable bonds is 3. The normalized spacial score (nSPS) is 17.6. The van der Waals surface area contributed by atoms with Crippen LogP contribution in [0.15, 0.2) is 15.7 Å². The SMILES string of the molecule is O=C(NC1CCOCC1)c1csc(S(=O)(=O)Cl)c1. The Labute approximate surface area is 114 Å². The van der Waals surface area contributed by atoms with Gasteiger partial charge in [0.1, 0.15) is 4.21 Å². The van der Waals surface area contributed by atoms with E-state index in [0.717, 1.165) is 24.2 Å². The maximum absolute atomic E-state index is 11.9. The first-order valence-corrected chi connectivity index (χ1v) is 8.57. The van der Waals surface area contributed by atoms with E-state index in [1.54, 1.807) is 0 Å². The maximum Gasteiger partial charge on any atom is 0.270 e. The third kappa shape index (κ3) is 3.44. The number of halogens is 1. The zero-order valence-corrected chi connectivity index (χ0v) is 11.8. The number of amides is 1. The molecule has 1 aromatic heterocycles. The molecule has 1 saturated heterocycles. The second kappa shape index (κ2) is 5.56. The van der Waals surface area contributed by atoms with Crippen molar-refractivity contribution in [1.82, 2.24) is 5.32 Å². The monoisotopic (exact) mass is 309 g/mol. The third-order valence-corrected chi connectivity index (χ3v) is 5.67. The summed E-state index contributed by atoms with van der Waals surface area (Å²) in [6.07, 6.45) is 1.55. The van der Waals surface area contributed by atoms with E-state index in [2.05, 4.69) is 5.32 Å². The molecule has 1 aliphatic rings. The van der Waals surface area contributed by atoms with E-state index in [1.807, 2.05) is 0 Å². The molecule has 0 unspecified atom stereocenters. The van der Waals surface area contributed by atoms with Crippen molar-refractivity contribution < 1.29 is 17.9 Å². The highest BCUT2D eigenvalue weighted by atomic mass is 35.7. The first-order valence-electron chi connectivity index (χ1n) is 5.38. The molecule has 2 rings (SSSR count). The molecule has 18 heavy (non-hydrogen) atoms. The molecule has 5 nitrogen and oxygen atoms in total. The van der Waals surface area contributed by atoms with Gasteiger partial charge in [0.15, 0.2) is 0 Å². The molecule has 8 heteroatoms. The fourth-order valence-corrected chi connectivity index (χ4v) is 3.62. The average molecular weight is 310 g/mol.